The van der Waals surface area contributed by atoms with Crippen molar-refractivity contribution < 1.29 is 173 Å². The molecule has 4 aromatic carbocycles. The maximum absolute atomic E-state index is 12.2. The van der Waals surface area contributed by atoms with Gasteiger partial charge in [0.25, 0.3) is 0 Å². The van der Waals surface area contributed by atoms with Crippen molar-refractivity contribution in [3.05, 3.63) is 149 Å². The lowest BCUT2D eigenvalue weighted by molar-refractivity contribution is -0.396. The van der Waals surface area contributed by atoms with Crippen LogP contribution in [0.2, 0.25) is 0 Å². The van der Waals surface area contributed by atoms with E-state index < -0.39 is 261 Å². The van der Waals surface area contributed by atoms with Crippen molar-refractivity contribution in [3.63, 3.8) is 0 Å². The minimum absolute atomic E-state index is 0.175. The highest BCUT2D eigenvalue weighted by atomic mass is 16.8. The molecule has 0 aliphatic carbocycles. The van der Waals surface area contributed by atoms with Gasteiger partial charge in [-0.15, -0.1) is 5.10 Å². The van der Waals surface area contributed by atoms with Crippen molar-refractivity contribution >= 4 is 11.1 Å². The van der Waals surface area contributed by atoms with E-state index in [1.165, 1.54) is 10.9 Å². The third kappa shape index (κ3) is 16.9. The number of ether oxygens (including phenoxy) is 15. The van der Waals surface area contributed by atoms with Crippen molar-refractivity contribution in [2.75, 3.05) is 39.6 Å². The Kier molecular flexibility index (Phi) is 26.6. The lowest BCUT2D eigenvalue weighted by Gasteiger charge is -2.50. The minimum Gasteiger partial charge on any atom is -0.487 e. The van der Waals surface area contributed by atoms with Crippen LogP contribution in [0.5, 0.6) is 5.75 Å². The van der Waals surface area contributed by atoms with Crippen LogP contribution < -0.4 is 4.74 Å². The molecule has 0 radical (unpaired) electrons. The molecule has 109 heavy (non-hydrogen) atoms. The van der Waals surface area contributed by atoms with Crippen LogP contribution in [0.3, 0.4) is 0 Å². The Morgan fingerprint density at radius 2 is 0.514 bits per heavy atom. The summed E-state index contributed by atoms with van der Waals surface area (Å²) in [5, 5.41) is 236. The molecular formula is C71H91N3O35. The van der Waals surface area contributed by atoms with Crippen molar-refractivity contribution in [1.29, 1.82) is 0 Å². The van der Waals surface area contributed by atoms with E-state index in [9.17, 15) is 102 Å². The lowest BCUT2D eigenvalue weighted by Crippen LogP contribution is -2.68. The SMILES string of the molecule is OC[C@H]1O[C@@H]2O[C@H]3[C@H](O)[C@@H](O)[C@@H](O[C@H]4[C@H](O)[C@@H](O)[C@@H](O[C@H]5[C@H](O)[C@@H](O)[C@@H](O[C@H]6[C@H](O)[C@@H](O)[C@@H](O[C@H]7[C@H](O)[C@@H](O)[C@@H](O[C@H]8[C@H](O)[C@@H](O)[C@@H](O[C@H]1[C@H](O)[C@H]2O)O[C@@H]8CO)O[C@@H]7CO)O[C@@H]6CO)O[C@@H]5Cn1cc(COc2ccc(C(=C(c5ccccc5)c5ccccc5)c5ccccc5)cc2)nn1)O[C@@H]4CO)O[C@@H]3CO. The molecule has 0 spiro atoms. The molecule has 38 nitrogen and oxygen atoms in total. The molecule has 21 aliphatic heterocycles. The average molecular weight is 1550 g/mol. The molecule has 5 aromatic rings. The van der Waals surface area contributed by atoms with Gasteiger partial charge >= 0.3 is 0 Å². The largest absolute Gasteiger partial charge is 0.487 e. The normalized spacial score (nSPS) is 42.4. The highest BCUT2D eigenvalue weighted by Crippen LogP contribution is 2.42. The number of benzene rings is 4. The van der Waals surface area contributed by atoms with Gasteiger partial charge in [-0.1, -0.05) is 108 Å². The monoisotopic (exact) mass is 1550 g/mol. The third-order valence-electron chi connectivity index (χ3n) is 20.5. The zero-order valence-corrected chi connectivity index (χ0v) is 57.8. The van der Waals surface area contributed by atoms with E-state index in [-0.39, 0.29) is 12.3 Å². The number of aromatic nitrogens is 3. The summed E-state index contributed by atoms with van der Waals surface area (Å²) in [5.41, 5.74) is 5.98. The predicted octanol–water partition coefficient (Wildman–Crippen LogP) is -8.34. The summed E-state index contributed by atoms with van der Waals surface area (Å²) in [6, 6.07) is 37.3. The molecule has 1 aromatic heterocycles. The quantitative estimate of drug-likeness (QED) is 0.0433. The standard InChI is InChI=1S/C71H91N3O35/c75-22-36-59-46(83)53(90)67(98-36)106-61-38(24-77)100-69(55(92)48(61)85)108-63-40(26-79)102-71(57(94)50(63)87)109-64-41(27-80)101-70(56(93)49(64)86)107-62-39(25-78)99-68(54(91)47(62)84)105-60-37(23-76)97-66(52(89)45(60)82)103-58-35(96-65(104-59)51(88)44(58)81)21-74-20-33(72-73-74)28-95-34-18-16-32(17-19-34)43(31-14-8-3-9-15-31)42(29-10-4-1-5-11-29)30-12-6-2-7-13-30/h1-20,35-41,44-71,75-94H,21-28H2/t35-,36-,37-,38-,39-,40-,41-,44-,45-,46-,47-,48-,49-,50-,51-,52-,53-,54-,55-,56-,57-,58-,59-,60-,61-,62-,63-,64-,65-,66-,67-,68-,69-,70-,71-/m1/s1. The maximum atomic E-state index is 12.2. The molecule has 0 saturated carbocycles. The van der Waals surface area contributed by atoms with E-state index in [0.717, 1.165) is 33.4 Å². The van der Waals surface area contributed by atoms with Gasteiger partial charge in [0.2, 0.25) is 0 Å². The Morgan fingerprint density at radius 3 is 0.761 bits per heavy atom. The molecule has 21 fully saturated rings. The Bertz CT molecular complexity index is 3640. The summed E-state index contributed by atoms with van der Waals surface area (Å²) in [4.78, 5) is 0. The molecule has 38 heteroatoms. The predicted molar refractivity (Wildman–Crippen MR) is 356 cm³/mol. The summed E-state index contributed by atoms with van der Waals surface area (Å²) in [6.45, 7) is -7.07. The minimum atomic E-state index is -2.26. The van der Waals surface area contributed by atoms with E-state index in [4.69, 9.17) is 71.1 Å². The van der Waals surface area contributed by atoms with Crippen LogP contribution in [-0.2, 0) is 79.5 Å². The van der Waals surface area contributed by atoms with Gasteiger partial charge in [-0.3, -0.25) is 0 Å². The molecule has 26 rings (SSSR count). The Labute approximate surface area is 620 Å². The van der Waals surface area contributed by atoms with Crippen LogP contribution in [0.25, 0.3) is 11.1 Å². The van der Waals surface area contributed by atoms with Gasteiger partial charge in [-0.25, -0.2) is 4.68 Å². The summed E-state index contributed by atoms with van der Waals surface area (Å²) in [5.74, 6) is 0.432. The summed E-state index contributed by atoms with van der Waals surface area (Å²) in [6.07, 6.45) is -69.9. The molecule has 0 unspecified atom stereocenters. The molecule has 21 saturated heterocycles. The molecule has 35 atom stereocenters. The van der Waals surface area contributed by atoms with E-state index in [2.05, 4.69) is 10.3 Å². The van der Waals surface area contributed by atoms with Crippen molar-refractivity contribution in [1.82, 2.24) is 15.0 Å². The fourth-order valence-electron chi connectivity index (χ4n) is 14.7. The topological polar surface area (TPSA) is 574 Å². The number of hydrogen-bond donors (Lipinski definition) is 20. The fourth-order valence-corrected chi connectivity index (χ4v) is 14.7. The second-order valence-electron chi connectivity index (χ2n) is 27.6. The highest BCUT2D eigenvalue weighted by molar-refractivity contribution is 6.04. The van der Waals surface area contributed by atoms with Gasteiger partial charge in [0.15, 0.2) is 44.0 Å². The van der Waals surface area contributed by atoms with Crippen LogP contribution in [0.4, 0.5) is 0 Å². The first-order valence-corrected chi connectivity index (χ1v) is 35.4. The van der Waals surface area contributed by atoms with Gasteiger partial charge in [-0.2, -0.15) is 0 Å². The maximum Gasteiger partial charge on any atom is 0.187 e. The fraction of sp³-hybridized carbons (Fsp3) is 0.606. The molecule has 21 aliphatic rings. The zero-order valence-electron chi connectivity index (χ0n) is 57.8. The Morgan fingerprint density at radius 1 is 0.284 bits per heavy atom. The third-order valence-corrected chi connectivity index (χ3v) is 20.5. The van der Waals surface area contributed by atoms with Crippen LogP contribution in [-0.4, -0.2) is 372 Å². The number of aliphatic hydroxyl groups excluding tert-OH is 20. The second kappa shape index (κ2) is 35.7. The van der Waals surface area contributed by atoms with E-state index in [1.807, 2.05) is 103 Å². The van der Waals surface area contributed by atoms with Crippen LogP contribution >= 0.6 is 0 Å². The zero-order chi connectivity index (χ0) is 77.2. The number of aliphatic hydroxyl groups is 20. The molecule has 600 valence electrons. The van der Waals surface area contributed by atoms with Crippen LogP contribution in [0.1, 0.15) is 27.9 Å². The first kappa shape index (κ1) is 81.2. The van der Waals surface area contributed by atoms with Gasteiger partial charge in [0.1, 0.15) is 189 Å². The van der Waals surface area contributed by atoms with Crippen LogP contribution in [0, 0.1) is 0 Å². The number of nitrogens with zero attached hydrogens (tertiary/aromatic N) is 3. The molecule has 0 amide bonds. The molecular weight excluding hydrogens is 1450 g/mol. The Hall–Kier alpha value is -5.80. The molecule has 20 N–H and O–H groups in total. The van der Waals surface area contributed by atoms with Gasteiger partial charge < -0.3 is 173 Å². The van der Waals surface area contributed by atoms with Gasteiger partial charge in [-0.05, 0) is 45.5 Å². The Balaban J connectivity index is 0.776. The van der Waals surface area contributed by atoms with E-state index >= 15 is 0 Å². The van der Waals surface area contributed by atoms with Gasteiger partial charge in [0.05, 0.1) is 52.4 Å². The number of hydrogen-bond acceptors (Lipinski definition) is 37. The van der Waals surface area contributed by atoms with Crippen molar-refractivity contribution in [3.8, 4) is 5.75 Å². The first-order valence-electron chi connectivity index (χ1n) is 35.4. The van der Waals surface area contributed by atoms with Crippen LogP contribution in [0.15, 0.2) is 121 Å². The summed E-state index contributed by atoms with van der Waals surface area (Å²) < 4.78 is 90.0. The van der Waals surface area contributed by atoms with E-state index in [1.54, 1.807) is 12.1 Å². The van der Waals surface area contributed by atoms with E-state index in [0.29, 0.717) is 5.75 Å². The lowest BCUT2D eigenvalue weighted by atomic mass is 9.86. The molecule has 14 bridgehead atoms. The summed E-state index contributed by atoms with van der Waals surface area (Å²) >= 11 is 0. The highest BCUT2D eigenvalue weighted by Gasteiger charge is 2.60. The summed E-state index contributed by atoms with van der Waals surface area (Å²) in [7, 11) is 0. The smallest absolute Gasteiger partial charge is 0.187 e. The van der Waals surface area contributed by atoms with Gasteiger partial charge in [0, 0.05) is 0 Å². The number of rotatable bonds is 15. The average Bonchev–Trinajstić information content (AvgIpc) is 1.03. The van der Waals surface area contributed by atoms with Crippen molar-refractivity contribution in [2.45, 2.75) is 228 Å². The molecule has 22 heterocycles. The van der Waals surface area contributed by atoms with Crippen molar-refractivity contribution in [2.24, 2.45) is 0 Å². The first-order chi connectivity index (χ1) is 52.6. The second-order valence-corrected chi connectivity index (χ2v) is 27.6.